The molecule has 0 aliphatic heterocycles. The number of anilines is 1. The fourth-order valence-corrected chi connectivity index (χ4v) is 1.20. The molecule has 0 bridgehead atoms. The molecule has 0 aliphatic rings. The molecule has 5 heteroatoms. The molecule has 0 aliphatic carbocycles. The van der Waals surface area contributed by atoms with Crippen LogP contribution in [-0.4, -0.2) is 40.7 Å². The molecular weight excluding hydrogens is 208 g/mol. The molecule has 1 unspecified atom stereocenters. The van der Waals surface area contributed by atoms with Crippen molar-refractivity contribution in [3.63, 3.8) is 0 Å². The number of amides is 1. The number of hydrogen-bond acceptors (Lipinski definition) is 4. The second kappa shape index (κ2) is 4.85. The highest BCUT2D eigenvalue weighted by atomic mass is 16.3. The summed E-state index contributed by atoms with van der Waals surface area (Å²) in [6.45, 7) is 1.62. The minimum Gasteiger partial charge on any atom is -0.506 e. The van der Waals surface area contributed by atoms with Gasteiger partial charge in [0.1, 0.15) is 5.75 Å². The van der Waals surface area contributed by atoms with Gasteiger partial charge < -0.3 is 20.8 Å². The number of phenolic OH excluding ortho intramolecular Hbond substituents is 1. The Kier molecular flexibility index (Phi) is 3.73. The summed E-state index contributed by atoms with van der Waals surface area (Å²) in [4.78, 5) is 13.3. The van der Waals surface area contributed by atoms with Gasteiger partial charge in [0.2, 0.25) is 0 Å². The van der Waals surface area contributed by atoms with Gasteiger partial charge in [-0.25, -0.2) is 0 Å². The first-order valence-electron chi connectivity index (χ1n) is 4.94. The zero-order valence-corrected chi connectivity index (χ0v) is 9.34. The summed E-state index contributed by atoms with van der Waals surface area (Å²) in [7, 11) is 1.59. The summed E-state index contributed by atoms with van der Waals surface area (Å²) < 4.78 is 0. The number of aliphatic hydroxyl groups excluding tert-OH is 1. The van der Waals surface area contributed by atoms with E-state index in [1.165, 1.54) is 23.1 Å². The monoisotopic (exact) mass is 224 g/mol. The Balaban J connectivity index is 2.92. The lowest BCUT2D eigenvalue weighted by Gasteiger charge is -2.23. The molecule has 0 fully saturated rings. The number of aromatic hydroxyl groups is 1. The van der Waals surface area contributed by atoms with E-state index < -0.39 is 0 Å². The smallest absolute Gasteiger partial charge is 0.254 e. The van der Waals surface area contributed by atoms with Gasteiger partial charge in [0.15, 0.2) is 0 Å². The van der Waals surface area contributed by atoms with Gasteiger partial charge in [0, 0.05) is 12.6 Å². The fraction of sp³-hybridized carbons (Fsp3) is 0.364. The van der Waals surface area contributed by atoms with Crippen LogP contribution in [-0.2, 0) is 0 Å². The molecule has 0 aromatic heterocycles. The lowest BCUT2D eigenvalue weighted by atomic mass is 10.1. The Morgan fingerprint density at radius 1 is 1.56 bits per heavy atom. The first-order valence-corrected chi connectivity index (χ1v) is 4.94. The number of likely N-dealkylation sites (N-methyl/N-ethyl adjacent to an activating group) is 1. The predicted octanol–water partition coefficient (Wildman–Crippen LogP) is 0.427. The number of hydrogen-bond donors (Lipinski definition) is 3. The number of rotatable bonds is 3. The van der Waals surface area contributed by atoms with Gasteiger partial charge in [-0.2, -0.15) is 0 Å². The lowest BCUT2D eigenvalue weighted by Crippen LogP contribution is -2.37. The fourth-order valence-electron chi connectivity index (χ4n) is 1.20. The third-order valence-corrected chi connectivity index (χ3v) is 2.52. The van der Waals surface area contributed by atoms with Gasteiger partial charge in [-0.3, -0.25) is 4.79 Å². The molecule has 1 amide bonds. The molecule has 5 nitrogen and oxygen atoms in total. The van der Waals surface area contributed by atoms with Crippen molar-refractivity contribution >= 4 is 11.6 Å². The molecule has 1 aromatic rings. The van der Waals surface area contributed by atoms with E-state index in [-0.39, 0.29) is 30.0 Å². The molecule has 1 atom stereocenters. The molecule has 16 heavy (non-hydrogen) atoms. The van der Waals surface area contributed by atoms with Crippen molar-refractivity contribution in [3.8, 4) is 5.75 Å². The molecular formula is C11H16N2O3. The Hall–Kier alpha value is -1.75. The normalized spacial score (nSPS) is 12.2. The molecule has 1 aromatic carbocycles. The van der Waals surface area contributed by atoms with Crippen LogP contribution < -0.4 is 5.73 Å². The van der Waals surface area contributed by atoms with Crippen LogP contribution in [0.25, 0.3) is 0 Å². The molecule has 0 spiro atoms. The maximum absolute atomic E-state index is 11.9. The van der Waals surface area contributed by atoms with Gasteiger partial charge in [-0.05, 0) is 25.1 Å². The third kappa shape index (κ3) is 2.43. The number of nitrogens with zero attached hydrogens (tertiary/aromatic N) is 1. The van der Waals surface area contributed by atoms with Crippen molar-refractivity contribution in [2.45, 2.75) is 13.0 Å². The van der Waals surface area contributed by atoms with Crippen molar-refractivity contribution in [2.75, 3.05) is 19.4 Å². The highest BCUT2D eigenvalue weighted by Crippen LogP contribution is 2.21. The van der Waals surface area contributed by atoms with Crippen LogP contribution in [0.5, 0.6) is 5.75 Å². The van der Waals surface area contributed by atoms with E-state index in [2.05, 4.69) is 0 Å². The van der Waals surface area contributed by atoms with Crippen molar-refractivity contribution in [2.24, 2.45) is 0 Å². The van der Waals surface area contributed by atoms with Gasteiger partial charge in [-0.1, -0.05) is 0 Å². The second-order valence-electron chi connectivity index (χ2n) is 3.72. The Bertz CT molecular complexity index is 393. The molecule has 0 heterocycles. The number of carbonyl (C=O) groups excluding carboxylic acids is 1. The zero-order valence-electron chi connectivity index (χ0n) is 9.34. The minimum absolute atomic E-state index is 0.108. The average Bonchev–Trinajstić information content (AvgIpc) is 2.29. The standard InChI is InChI=1S/C11H16N2O3/c1-7(6-14)13(2)11(16)8-3-4-9(12)10(15)5-8/h3-5,7,14-15H,6,12H2,1-2H3. The van der Waals surface area contributed by atoms with Crippen molar-refractivity contribution in [3.05, 3.63) is 23.8 Å². The van der Waals surface area contributed by atoms with Crippen LogP contribution in [0.3, 0.4) is 0 Å². The Morgan fingerprint density at radius 2 is 2.19 bits per heavy atom. The van der Waals surface area contributed by atoms with E-state index >= 15 is 0 Å². The summed E-state index contributed by atoms with van der Waals surface area (Å²) >= 11 is 0. The van der Waals surface area contributed by atoms with E-state index in [0.29, 0.717) is 5.56 Å². The number of benzene rings is 1. The van der Waals surface area contributed by atoms with E-state index in [9.17, 15) is 9.90 Å². The lowest BCUT2D eigenvalue weighted by molar-refractivity contribution is 0.0682. The molecule has 4 N–H and O–H groups in total. The summed E-state index contributed by atoms with van der Waals surface area (Å²) in [6, 6.07) is 4.06. The highest BCUT2D eigenvalue weighted by molar-refractivity contribution is 5.95. The second-order valence-corrected chi connectivity index (χ2v) is 3.72. The number of nitrogen functional groups attached to an aromatic ring is 1. The van der Waals surface area contributed by atoms with Crippen LogP contribution in [0.4, 0.5) is 5.69 Å². The zero-order chi connectivity index (χ0) is 12.3. The maximum atomic E-state index is 11.9. The van der Waals surface area contributed by atoms with Crippen LogP contribution >= 0.6 is 0 Å². The third-order valence-electron chi connectivity index (χ3n) is 2.52. The van der Waals surface area contributed by atoms with Gasteiger partial charge >= 0.3 is 0 Å². The largest absolute Gasteiger partial charge is 0.506 e. The molecule has 0 radical (unpaired) electrons. The molecule has 0 saturated heterocycles. The molecule has 1 rings (SSSR count). The SMILES string of the molecule is CC(CO)N(C)C(=O)c1ccc(N)c(O)c1. The topological polar surface area (TPSA) is 86.8 Å². The van der Waals surface area contributed by atoms with E-state index in [1.54, 1.807) is 14.0 Å². The quantitative estimate of drug-likeness (QED) is 0.513. The summed E-state index contributed by atoms with van der Waals surface area (Å²) in [5.41, 5.74) is 6.01. The Labute approximate surface area is 94.1 Å². The van der Waals surface area contributed by atoms with Crippen molar-refractivity contribution in [1.29, 1.82) is 0 Å². The number of phenols is 1. The number of aliphatic hydroxyl groups is 1. The van der Waals surface area contributed by atoms with Crippen LogP contribution in [0.1, 0.15) is 17.3 Å². The van der Waals surface area contributed by atoms with Crippen LogP contribution in [0.15, 0.2) is 18.2 Å². The first kappa shape index (κ1) is 12.3. The van der Waals surface area contributed by atoms with E-state index in [0.717, 1.165) is 0 Å². The summed E-state index contributed by atoms with van der Waals surface area (Å²) in [6.07, 6.45) is 0. The Morgan fingerprint density at radius 3 is 2.69 bits per heavy atom. The number of nitrogens with two attached hydrogens (primary N) is 1. The van der Waals surface area contributed by atoms with Crippen molar-refractivity contribution < 1.29 is 15.0 Å². The highest BCUT2D eigenvalue weighted by Gasteiger charge is 2.17. The summed E-state index contributed by atoms with van der Waals surface area (Å²) in [5, 5.41) is 18.3. The molecule has 88 valence electrons. The van der Waals surface area contributed by atoms with E-state index in [4.69, 9.17) is 10.8 Å². The first-order chi connectivity index (χ1) is 7.47. The number of carbonyl (C=O) groups is 1. The van der Waals surface area contributed by atoms with Gasteiger partial charge in [-0.15, -0.1) is 0 Å². The maximum Gasteiger partial charge on any atom is 0.254 e. The molecule has 0 saturated carbocycles. The average molecular weight is 224 g/mol. The van der Waals surface area contributed by atoms with Crippen LogP contribution in [0, 0.1) is 0 Å². The van der Waals surface area contributed by atoms with Gasteiger partial charge in [0.25, 0.3) is 5.91 Å². The summed E-state index contributed by atoms with van der Waals surface area (Å²) in [5.74, 6) is -0.382. The minimum atomic E-state index is -0.271. The predicted molar refractivity (Wildman–Crippen MR) is 61.2 cm³/mol. The van der Waals surface area contributed by atoms with Crippen LogP contribution in [0.2, 0.25) is 0 Å². The van der Waals surface area contributed by atoms with E-state index in [1.807, 2.05) is 0 Å². The van der Waals surface area contributed by atoms with Gasteiger partial charge in [0.05, 0.1) is 18.3 Å². The van der Waals surface area contributed by atoms with Crippen molar-refractivity contribution in [1.82, 2.24) is 4.90 Å².